The SMILES string of the molecule is O=C1CN(c2ccnc(C(=O)N3CCC[C@H](CN4CCOCC4)C3)c2)CCN1. The third kappa shape index (κ3) is 4.62. The zero-order valence-corrected chi connectivity index (χ0v) is 16.3. The van der Waals surface area contributed by atoms with Gasteiger partial charge in [-0.05, 0) is 30.9 Å². The first-order valence-electron chi connectivity index (χ1n) is 10.3. The zero-order valence-electron chi connectivity index (χ0n) is 16.3. The highest BCUT2D eigenvalue weighted by Gasteiger charge is 2.27. The summed E-state index contributed by atoms with van der Waals surface area (Å²) in [5, 5.41) is 2.83. The third-order valence-corrected chi connectivity index (χ3v) is 5.79. The van der Waals surface area contributed by atoms with Crippen LogP contribution in [0.1, 0.15) is 23.3 Å². The Kier molecular flexibility index (Phi) is 6.07. The van der Waals surface area contributed by atoms with Crippen LogP contribution in [0.15, 0.2) is 18.3 Å². The molecule has 4 rings (SSSR count). The molecule has 0 unspecified atom stereocenters. The van der Waals surface area contributed by atoms with Gasteiger partial charge in [-0.3, -0.25) is 19.5 Å². The molecule has 2 amide bonds. The number of amides is 2. The first-order chi connectivity index (χ1) is 13.7. The van der Waals surface area contributed by atoms with Gasteiger partial charge < -0.3 is 19.9 Å². The number of hydrogen-bond acceptors (Lipinski definition) is 6. The van der Waals surface area contributed by atoms with Crippen LogP contribution in [0.2, 0.25) is 0 Å². The Morgan fingerprint density at radius 1 is 1.25 bits per heavy atom. The normalized spacial score (nSPS) is 24.1. The summed E-state index contributed by atoms with van der Waals surface area (Å²) in [6.45, 7) is 7.88. The van der Waals surface area contributed by atoms with Gasteiger partial charge in [0.05, 0.1) is 19.8 Å². The minimum atomic E-state index is -0.00464. The highest BCUT2D eigenvalue weighted by molar-refractivity contribution is 5.93. The molecule has 8 nitrogen and oxygen atoms in total. The average Bonchev–Trinajstić information content (AvgIpc) is 2.74. The number of carbonyl (C=O) groups is 2. The van der Waals surface area contributed by atoms with E-state index in [9.17, 15) is 9.59 Å². The van der Waals surface area contributed by atoms with Crippen LogP contribution in [0.3, 0.4) is 0 Å². The summed E-state index contributed by atoms with van der Waals surface area (Å²) in [7, 11) is 0. The van der Waals surface area contributed by atoms with Gasteiger partial charge in [0, 0.05) is 57.7 Å². The number of aromatic nitrogens is 1. The van der Waals surface area contributed by atoms with E-state index in [0.717, 1.165) is 71.0 Å². The summed E-state index contributed by atoms with van der Waals surface area (Å²) in [6, 6.07) is 3.69. The van der Waals surface area contributed by atoms with E-state index in [1.54, 1.807) is 6.20 Å². The van der Waals surface area contributed by atoms with Crippen LogP contribution in [-0.2, 0) is 9.53 Å². The molecular formula is C20H29N5O3. The Morgan fingerprint density at radius 3 is 2.93 bits per heavy atom. The number of rotatable bonds is 4. The molecule has 28 heavy (non-hydrogen) atoms. The van der Waals surface area contributed by atoms with Crippen molar-refractivity contribution in [1.29, 1.82) is 0 Å². The molecule has 0 spiro atoms. The Balaban J connectivity index is 1.39. The van der Waals surface area contributed by atoms with Crippen LogP contribution in [0.4, 0.5) is 5.69 Å². The second kappa shape index (κ2) is 8.87. The molecule has 0 bridgehead atoms. The van der Waals surface area contributed by atoms with Gasteiger partial charge in [0.15, 0.2) is 0 Å². The fourth-order valence-electron chi connectivity index (χ4n) is 4.30. The van der Waals surface area contributed by atoms with Gasteiger partial charge in [0.1, 0.15) is 5.69 Å². The van der Waals surface area contributed by atoms with E-state index in [2.05, 4.69) is 15.2 Å². The molecular weight excluding hydrogens is 358 g/mol. The predicted octanol–water partition coefficient (Wildman–Crippen LogP) is 0.202. The number of anilines is 1. The Labute approximate surface area is 165 Å². The van der Waals surface area contributed by atoms with E-state index >= 15 is 0 Å². The van der Waals surface area contributed by atoms with Crippen LogP contribution in [0.25, 0.3) is 0 Å². The van der Waals surface area contributed by atoms with Crippen molar-refractivity contribution in [2.75, 3.05) is 70.5 Å². The Hall–Kier alpha value is -2.19. The fraction of sp³-hybridized carbons (Fsp3) is 0.650. The standard InChI is InChI=1S/C20H29N5O3/c26-19-15-24(7-5-22-19)17-3-4-21-18(12-17)20(27)25-6-1-2-16(14-25)13-23-8-10-28-11-9-23/h3-4,12,16H,1-2,5-11,13-15H2,(H,22,26)/t16-/m1/s1. The van der Waals surface area contributed by atoms with Gasteiger partial charge in [0.25, 0.3) is 5.91 Å². The minimum Gasteiger partial charge on any atom is -0.379 e. The van der Waals surface area contributed by atoms with Crippen molar-refractivity contribution in [2.45, 2.75) is 12.8 Å². The molecule has 1 aromatic heterocycles. The second-order valence-electron chi connectivity index (χ2n) is 7.84. The lowest BCUT2D eigenvalue weighted by Crippen LogP contribution is -2.48. The Morgan fingerprint density at radius 2 is 2.11 bits per heavy atom. The van der Waals surface area contributed by atoms with Crippen molar-refractivity contribution in [1.82, 2.24) is 20.1 Å². The van der Waals surface area contributed by atoms with Crippen molar-refractivity contribution in [3.8, 4) is 0 Å². The molecule has 0 aliphatic carbocycles. The van der Waals surface area contributed by atoms with Crippen molar-refractivity contribution < 1.29 is 14.3 Å². The van der Waals surface area contributed by atoms with Crippen LogP contribution < -0.4 is 10.2 Å². The number of ether oxygens (including phenoxy) is 1. The zero-order chi connectivity index (χ0) is 19.3. The number of piperidine rings is 1. The van der Waals surface area contributed by atoms with E-state index < -0.39 is 0 Å². The molecule has 0 saturated carbocycles. The van der Waals surface area contributed by atoms with Gasteiger partial charge >= 0.3 is 0 Å². The lowest BCUT2D eigenvalue weighted by Gasteiger charge is -2.36. The number of likely N-dealkylation sites (tertiary alicyclic amines) is 1. The van der Waals surface area contributed by atoms with Crippen LogP contribution in [0, 0.1) is 5.92 Å². The fourth-order valence-corrected chi connectivity index (χ4v) is 4.30. The van der Waals surface area contributed by atoms with Crippen LogP contribution in [0.5, 0.6) is 0 Å². The number of carbonyl (C=O) groups excluding carboxylic acids is 2. The quantitative estimate of drug-likeness (QED) is 0.796. The first kappa shape index (κ1) is 19.1. The molecule has 4 heterocycles. The monoisotopic (exact) mass is 387 g/mol. The molecule has 1 aromatic rings. The van der Waals surface area contributed by atoms with E-state index in [0.29, 0.717) is 24.7 Å². The van der Waals surface area contributed by atoms with E-state index in [4.69, 9.17) is 4.74 Å². The smallest absolute Gasteiger partial charge is 0.272 e. The van der Waals surface area contributed by atoms with Crippen LogP contribution >= 0.6 is 0 Å². The summed E-state index contributed by atoms with van der Waals surface area (Å²) in [6.07, 6.45) is 3.87. The van der Waals surface area contributed by atoms with Crippen molar-refractivity contribution >= 4 is 17.5 Å². The number of pyridine rings is 1. The van der Waals surface area contributed by atoms with Gasteiger partial charge in [-0.15, -0.1) is 0 Å². The number of nitrogens with zero attached hydrogens (tertiary/aromatic N) is 4. The number of hydrogen-bond donors (Lipinski definition) is 1. The Bertz CT molecular complexity index is 707. The maximum atomic E-state index is 13.1. The second-order valence-corrected chi connectivity index (χ2v) is 7.84. The summed E-state index contributed by atoms with van der Waals surface area (Å²) in [4.78, 5) is 35.4. The van der Waals surface area contributed by atoms with Crippen LogP contribution in [-0.4, -0.2) is 92.2 Å². The molecule has 1 N–H and O–H groups in total. The van der Waals surface area contributed by atoms with Crippen molar-refractivity contribution in [3.63, 3.8) is 0 Å². The molecule has 152 valence electrons. The van der Waals surface area contributed by atoms with E-state index in [1.165, 1.54) is 0 Å². The maximum Gasteiger partial charge on any atom is 0.272 e. The van der Waals surface area contributed by atoms with Gasteiger partial charge in [0.2, 0.25) is 5.91 Å². The first-order valence-corrected chi connectivity index (χ1v) is 10.3. The average molecular weight is 387 g/mol. The number of piperazine rings is 1. The lowest BCUT2D eigenvalue weighted by atomic mass is 9.97. The molecule has 3 fully saturated rings. The van der Waals surface area contributed by atoms with Gasteiger partial charge in [-0.25, -0.2) is 0 Å². The molecule has 8 heteroatoms. The summed E-state index contributed by atoms with van der Waals surface area (Å²) in [5.74, 6) is 0.512. The maximum absolute atomic E-state index is 13.1. The summed E-state index contributed by atoms with van der Waals surface area (Å²) in [5.41, 5.74) is 1.35. The molecule has 3 aliphatic heterocycles. The highest BCUT2D eigenvalue weighted by Crippen LogP contribution is 2.21. The molecule has 0 radical (unpaired) electrons. The molecule has 3 aliphatic rings. The van der Waals surface area contributed by atoms with Crippen molar-refractivity contribution in [2.24, 2.45) is 5.92 Å². The number of morpholine rings is 1. The minimum absolute atomic E-state index is 0.00464. The third-order valence-electron chi connectivity index (χ3n) is 5.79. The predicted molar refractivity (Wildman–Crippen MR) is 105 cm³/mol. The molecule has 0 aromatic carbocycles. The largest absolute Gasteiger partial charge is 0.379 e. The topological polar surface area (TPSA) is 78.0 Å². The number of nitrogens with one attached hydrogen (secondary N) is 1. The van der Waals surface area contributed by atoms with E-state index in [-0.39, 0.29) is 11.8 Å². The molecule has 1 atom stereocenters. The van der Waals surface area contributed by atoms with Gasteiger partial charge in [-0.2, -0.15) is 0 Å². The summed E-state index contributed by atoms with van der Waals surface area (Å²) < 4.78 is 5.43. The summed E-state index contributed by atoms with van der Waals surface area (Å²) >= 11 is 0. The lowest BCUT2D eigenvalue weighted by molar-refractivity contribution is -0.120. The van der Waals surface area contributed by atoms with E-state index in [1.807, 2.05) is 21.9 Å². The molecule has 3 saturated heterocycles. The van der Waals surface area contributed by atoms with Gasteiger partial charge in [-0.1, -0.05) is 0 Å². The highest BCUT2D eigenvalue weighted by atomic mass is 16.5. The van der Waals surface area contributed by atoms with Crippen molar-refractivity contribution in [3.05, 3.63) is 24.0 Å².